The predicted octanol–water partition coefficient (Wildman–Crippen LogP) is 5.48. The molecule has 0 aliphatic heterocycles. The van der Waals surface area contributed by atoms with E-state index < -0.39 is 0 Å². The number of amides is 2. The van der Waals surface area contributed by atoms with Crippen molar-refractivity contribution in [1.82, 2.24) is 15.5 Å². The lowest BCUT2D eigenvalue weighted by Crippen LogP contribution is -2.33. The van der Waals surface area contributed by atoms with Gasteiger partial charge >= 0.3 is 6.03 Å². The Balaban J connectivity index is 1.88. The molecule has 30 heavy (non-hydrogen) atoms. The van der Waals surface area contributed by atoms with Crippen molar-refractivity contribution in [2.24, 2.45) is 0 Å². The molecule has 0 saturated heterocycles. The molecule has 3 N–H and O–H groups in total. The third-order valence-corrected chi connectivity index (χ3v) is 5.29. The van der Waals surface area contributed by atoms with Gasteiger partial charge in [-0.1, -0.05) is 46.9 Å². The Morgan fingerprint density at radius 1 is 0.967 bits per heavy atom. The van der Waals surface area contributed by atoms with Crippen molar-refractivity contribution in [1.29, 1.82) is 0 Å². The van der Waals surface area contributed by atoms with Gasteiger partial charge in [-0.2, -0.15) is 0 Å². The second kappa shape index (κ2) is 13.0. The number of carbonyl (C=O) groups excluding carboxylic acids is 1. The average Bonchev–Trinajstić information content (AvgIpc) is 2.66. The van der Waals surface area contributed by atoms with Gasteiger partial charge in [-0.25, -0.2) is 4.79 Å². The monoisotopic (exact) mass is 470 g/mol. The van der Waals surface area contributed by atoms with Crippen LogP contribution in [0.1, 0.15) is 24.3 Å². The maximum absolute atomic E-state index is 12.4. The average molecular weight is 472 g/mol. The molecule has 1 atom stereocenters. The molecule has 0 radical (unpaired) electrons. The molecule has 0 bridgehead atoms. The molecule has 5 nitrogen and oxygen atoms in total. The number of rotatable bonds is 11. The molecule has 0 heterocycles. The van der Waals surface area contributed by atoms with Gasteiger partial charge in [0.25, 0.3) is 0 Å². The van der Waals surface area contributed by atoms with E-state index in [0.29, 0.717) is 27.3 Å². The SMILES string of the molecule is CN(C)CCCNCCC(CNC(=O)Nc1cc(Cl)cc(Cl)c1)c1ccc(Cl)cc1. The van der Waals surface area contributed by atoms with Crippen molar-refractivity contribution in [2.75, 3.05) is 45.6 Å². The standard InChI is InChI=1S/C22H29Cl3N4O/c1-29(2)11-3-9-26-10-8-17(16-4-6-18(23)7-5-16)15-27-22(30)28-21-13-19(24)12-20(25)14-21/h4-7,12-14,17,26H,3,8-11,15H2,1-2H3,(H2,27,28,30). The van der Waals surface area contributed by atoms with Crippen molar-refractivity contribution in [2.45, 2.75) is 18.8 Å². The summed E-state index contributed by atoms with van der Waals surface area (Å²) >= 11 is 18.0. The van der Waals surface area contributed by atoms with E-state index in [-0.39, 0.29) is 11.9 Å². The molecular weight excluding hydrogens is 443 g/mol. The zero-order valence-electron chi connectivity index (χ0n) is 17.4. The lowest BCUT2D eigenvalue weighted by molar-refractivity contribution is 0.251. The summed E-state index contributed by atoms with van der Waals surface area (Å²) in [6.45, 7) is 3.40. The van der Waals surface area contributed by atoms with Crippen molar-refractivity contribution in [3.8, 4) is 0 Å². The topological polar surface area (TPSA) is 56.4 Å². The van der Waals surface area contributed by atoms with Crippen LogP contribution >= 0.6 is 34.8 Å². The number of carbonyl (C=O) groups is 1. The Morgan fingerprint density at radius 2 is 1.63 bits per heavy atom. The van der Waals surface area contributed by atoms with E-state index in [1.54, 1.807) is 18.2 Å². The lowest BCUT2D eigenvalue weighted by Gasteiger charge is -2.19. The molecule has 2 amide bonds. The molecule has 2 rings (SSSR count). The minimum Gasteiger partial charge on any atom is -0.337 e. The first kappa shape index (κ1) is 24.8. The maximum atomic E-state index is 12.4. The van der Waals surface area contributed by atoms with Gasteiger partial charge in [-0.3, -0.25) is 0 Å². The van der Waals surface area contributed by atoms with E-state index in [9.17, 15) is 4.79 Å². The molecule has 164 valence electrons. The summed E-state index contributed by atoms with van der Waals surface area (Å²) in [7, 11) is 4.15. The highest BCUT2D eigenvalue weighted by Gasteiger charge is 2.13. The molecule has 0 aromatic heterocycles. The minimum absolute atomic E-state index is 0.164. The van der Waals surface area contributed by atoms with Gasteiger partial charge in [0, 0.05) is 33.2 Å². The zero-order chi connectivity index (χ0) is 21.9. The number of anilines is 1. The van der Waals surface area contributed by atoms with E-state index in [4.69, 9.17) is 34.8 Å². The number of halogens is 3. The molecule has 2 aromatic carbocycles. The van der Waals surface area contributed by atoms with Crippen LogP contribution in [-0.2, 0) is 0 Å². The van der Waals surface area contributed by atoms with Crippen LogP contribution < -0.4 is 16.0 Å². The second-order valence-corrected chi connectivity index (χ2v) is 8.75. The third-order valence-electron chi connectivity index (χ3n) is 4.60. The van der Waals surface area contributed by atoms with Gasteiger partial charge in [0.15, 0.2) is 0 Å². The number of hydrogen-bond acceptors (Lipinski definition) is 3. The zero-order valence-corrected chi connectivity index (χ0v) is 19.6. The van der Waals surface area contributed by atoms with Crippen molar-refractivity contribution in [3.63, 3.8) is 0 Å². The fraction of sp³-hybridized carbons (Fsp3) is 0.409. The van der Waals surface area contributed by atoms with Crippen LogP contribution in [0.5, 0.6) is 0 Å². The number of hydrogen-bond donors (Lipinski definition) is 3. The third kappa shape index (κ3) is 9.54. The minimum atomic E-state index is -0.300. The summed E-state index contributed by atoms with van der Waals surface area (Å²) in [5.41, 5.74) is 1.69. The highest BCUT2D eigenvalue weighted by Crippen LogP contribution is 2.23. The molecule has 0 aliphatic carbocycles. The van der Waals surface area contributed by atoms with E-state index in [1.165, 1.54) is 0 Å². The van der Waals surface area contributed by atoms with E-state index in [1.807, 2.05) is 24.3 Å². The Morgan fingerprint density at radius 3 is 2.27 bits per heavy atom. The van der Waals surface area contributed by atoms with Crippen LogP contribution in [-0.4, -0.2) is 51.2 Å². The van der Waals surface area contributed by atoms with Crippen LogP contribution in [0, 0.1) is 0 Å². The normalized spacial score (nSPS) is 12.1. The number of urea groups is 1. The Bertz CT molecular complexity index is 779. The molecular formula is C22H29Cl3N4O. The summed E-state index contributed by atoms with van der Waals surface area (Å²) in [5, 5.41) is 10.8. The van der Waals surface area contributed by atoms with Crippen LogP contribution in [0.2, 0.25) is 15.1 Å². The molecule has 2 aromatic rings. The van der Waals surface area contributed by atoms with Crippen LogP contribution in [0.3, 0.4) is 0 Å². The van der Waals surface area contributed by atoms with Crippen molar-refractivity contribution < 1.29 is 4.79 Å². The molecule has 0 fully saturated rings. The lowest BCUT2D eigenvalue weighted by atomic mass is 9.95. The molecule has 1 unspecified atom stereocenters. The predicted molar refractivity (Wildman–Crippen MR) is 128 cm³/mol. The smallest absolute Gasteiger partial charge is 0.319 e. The number of benzene rings is 2. The summed E-state index contributed by atoms with van der Waals surface area (Å²) in [5.74, 6) is 0.164. The highest BCUT2D eigenvalue weighted by molar-refractivity contribution is 6.35. The molecule has 8 heteroatoms. The fourth-order valence-corrected chi connectivity index (χ4v) is 3.71. The van der Waals surface area contributed by atoms with E-state index in [2.05, 4.69) is 34.9 Å². The van der Waals surface area contributed by atoms with Crippen molar-refractivity contribution >= 4 is 46.5 Å². The van der Waals surface area contributed by atoms with Crippen LogP contribution in [0.4, 0.5) is 10.5 Å². The Labute approximate surface area is 194 Å². The quantitative estimate of drug-likeness (QED) is 0.380. The van der Waals surface area contributed by atoms with Gasteiger partial charge in [0.2, 0.25) is 0 Å². The molecule has 0 saturated carbocycles. The largest absolute Gasteiger partial charge is 0.337 e. The van der Waals surface area contributed by atoms with Crippen LogP contribution in [0.15, 0.2) is 42.5 Å². The Hall–Kier alpha value is -1.50. The van der Waals surface area contributed by atoms with E-state index >= 15 is 0 Å². The summed E-state index contributed by atoms with van der Waals surface area (Å²) in [6.07, 6.45) is 1.99. The first-order chi connectivity index (χ1) is 14.3. The van der Waals surface area contributed by atoms with E-state index in [0.717, 1.165) is 38.0 Å². The second-order valence-electron chi connectivity index (χ2n) is 7.44. The first-order valence-corrected chi connectivity index (χ1v) is 11.1. The van der Waals surface area contributed by atoms with Crippen LogP contribution in [0.25, 0.3) is 0 Å². The summed E-state index contributed by atoms with van der Waals surface area (Å²) in [4.78, 5) is 14.5. The number of nitrogens with zero attached hydrogens (tertiary/aromatic N) is 1. The maximum Gasteiger partial charge on any atom is 0.319 e. The summed E-state index contributed by atoms with van der Waals surface area (Å²) in [6, 6.07) is 12.4. The van der Waals surface area contributed by atoms with Gasteiger partial charge in [0.1, 0.15) is 0 Å². The van der Waals surface area contributed by atoms with Gasteiger partial charge in [0.05, 0.1) is 0 Å². The molecule has 0 spiro atoms. The first-order valence-electron chi connectivity index (χ1n) is 9.95. The fourth-order valence-electron chi connectivity index (χ4n) is 3.06. The summed E-state index contributed by atoms with van der Waals surface area (Å²) < 4.78 is 0. The highest BCUT2D eigenvalue weighted by atomic mass is 35.5. The van der Waals surface area contributed by atoms with Gasteiger partial charge in [-0.05, 0) is 82.5 Å². The molecule has 0 aliphatic rings. The van der Waals surface area contributed by atoms with Gasteiger partial charge in [-0.15, -0.1) is 0 Å². The number of nitrogens with one attached hydrogen (secondary N) is 3. The van der Waals surface area contributed by atoms with Crippen molar-refractivity contribution in [3.05, 3.63) is 63.1 Å². The van der Waals surface area contributed by atoms with Gasteiger partial charge < -0.3 is 20.9 Å². The Kier molecular flexibility index (Phi) is 10.8.